The summed E-state index contributed by atoms with van der Waals surface area (Å²) in [4.78, 5) is 0. The summed E-state index contributed by atoms with van der Waals surface area (Å²) in [5.74, 6) is 0.841. The van der Waals surface area contributed by atoms with Crippen LogP contribution in [0.15, 0.2) is 12.2 Å². The van der Waals surface area contributed by atoms with Gasteiger partial charge in [-0.1, -0.05) is 12.5 Å². The van der Waals surface area contributed by atoms with E-state index in [-0.39, 0.29) is 0 Å². The SMILES string of the molecule is C=C(C)C[C@@H]1C[C@H](C)CCO1. The summed E-state index contributed by atoms with van der Waals surface area (Å²) in [7, 11) is 0. The van der Waals surface area contributed by atoms with Crippen LogP contribution in [0.25, 0.3) is 0 Å². The largest absolute Gasteiger partial charge is 0.378 e. The van der Waals surface area contributed by atoms with Crippen LogP contribution in [0, 0.1) is 5.92 Å². The maximum Gasteiger partial charge on any atom is 0.0614 e. The Labute approximate surface area is 69.4 Å². The van der Waals surface area contributed by atoms with Crippen molar-refractivity contribution < 1.29 is 4.74 Å². The lowest BCUT2D eigenvalue weighted by Gasteiger charge is -2.27. The molecule has 11 heavy (non-hydrogen) atoms. The normalized spacial score (nSPS) is 31.8. The van der Waals surface area contributed by atoms with Gasteiger partial charge in [-0.15, -0.1) is 6.58 Å². The summed E-state index contributed by atoms with van der Waals surface area (Å²) in [6, 6.07) is 0. The molecule has 1 heterocycles. The van der Waals surface area contributed by atoms with Gasteiger partial charge in [0.05, 0.1) is 6.10 Å². The fraction of sp³-hybridized carbons (Fsp3) is 0.800. The van der Waals surface area contributed by atoms with Crippen molar-refractivity contribution in [2.75, 3.05) is 6.61 Å². The first kappa shape index (κ1) is 8.79. The minimum absolute atomic E-state index is 0.455. The Bertz CT molecular complexity index is 140. The van der Waals surface area contributed by atoms with E-state index < -0.39 is 0 Å². The van der Waals surface area contributed by atoms with Crippen LogP contribution in [-0.2, 0) is 4.74 Å². The summed E-state index contributed by atoms with van der Waals surface area (Å²) in [5, 5.41) is 0. The highest BCUT2D eigenvalue weighted by Crippen LogP contribution is 2.23. The summed E-state index contributed by atoms with van der Waals surface area (Å²) in [6.45, 7) is 9.21. The molecule has 0 N–H and O–H groups in total. The van der Waals surface area contributed by atoms with Crippen molar-refractivity contribution in [3.8, 4) is 0 Å². The number of hydrogen-bond donors (Lipinski definition) is 0. The molecule has 2 atom stereocenters. The minimum Gasteiger partial charge on any atom is -0.378 e. The zero-order valence-corrected chi connectivity index (χ0v) is 7.60. The molecule has 1 aliphatic heterocycles. The van der Waals surface area contributed by atoms with E-state index in [1.807, 2.05) is 0 Å². The predicted molar refractivity (Wildman–Crippen MR) is 47.6 cm³/mol. The summed E-state index contributed by atoms with van der Waals surface area (Å²) < 4.78 is 5.60. The van der Waals surface area contributed by atoms with E-state index in [4.69, 9.17) is 4.74 Å². The van der Waals surface area contributed by atoms with E-state index in [0.717, 1.165) is 18.9 Å². The Balaban J connectivity index is 2.28. The van der Waals surface area contributed by atoms with Crippen molar-refractivity contribution in [2.24, 2.45) is 5.92 Å². The standard InChI is InChI=1S/C10H18O/c1-8(2)6-10-7-9(3)4-5-11-10/h9-10H,1,4-7H2,2-3H3/t9-,10-/m1/s1. The van der Waals surface area contributed by atoms with Crippen LogP contribution >= 0.6 is 0 Å². The fourth-order valence-corrected chi connectivity index (χ4v) is 1.60. The average Bonchev–Trinajstić information content (AvgIpc) is 1.85. The number of rotatable bonds is 2. The molecule has 0 spiro atoms. The summed E-state index contributed by atoms with van der Waals surface area (Å²) in [5.41, 5.74) is 1.24. The van der Waals surface area contributed by atoms with Crippen molar-refractivity contribution in [3.63, 3.8) is 0 Å². The Morgan fingerprint density at radius 1 is 1.64 bits per heavy atom. The van der Waals surface area contributed by atoms with Gasteiger partial charge >= 0.3 is 0 Å². The van der Waals surface area contributed by atoms with Gasteiger partial charge < -0.3 is 4.74 Å². The molecule has 1 rings (SSSR count). The van der Waals surface area contributed by atoms with Gasteiger partial charge in [-0.05, 0) is 32.1 Å². The van der Waals surface area contributed by atoms with Crippen LogP contribution in [0.2, 0.25) is 0 Å². The van der Waals surface area contributed by atoms with E-state index in [1.54, 1.807) is 0 Å². The lowest BCUT2D eigenvalue weighted by molar-refractivity contribution is -0.00398. The topological polar surface area (TPSA) is 9.23 Å². The van der Waals surface area contributed by atoms with Crippen molar-refractivity contribution in [1.82, 2.24) is 0 Å². The van der Waals surface area contributed by atoms with Gasteiger partial charge in [0, 0.05) is 6.61 Å². The van der Waals surface area contributed by atoms with Crippen LogP contribution in [-0.4, -0.2) is 12.7 Å². The molecule has 1 saturated heterocycles. The maximum atomic E-state index is 5.60. The molecule has 0 aromatic carbocycles. The zero-order chi connectivity index (χ0) is 8.27. The number of ether oxygens (including phenoxy) is 1. The van der Waals surface area contributed by atoms with Gasteiger partial charge in [0.2, 0.25) is 0 Å². The van der Waals surface area contributed by atoms with E-state index in [1.165, 1.54) is 18.4 Å². The Kier molecular flexibility index (Phi) is 3.13. The van der Waals surface area contributed by atoms with Crippen molar-refractivity contribution in [1.29, 1.82) is 0 Å². The first-order chi connectivity index (χ1) is 5.18. The molecule has 0 saturated carbocycles. The molecule has 0 unspecified atom stereocenters. The predicted octanol–water partition coefficient (Wildman–Crippen LogP) is 2.77. The Hall–Kier alpha value is -0.300. The van der Waals surface area contributed by atoms with E-state index in [9.17, 15) is 0 Å². The first-order valence-electron chi connectivity index (χ1n) is 4.44. The summed E-state index contributed by atoms with van der Waals surface area (Å²) in [6.07, 6.45) is 3.94. The Morgan fingerprint density at radius 2 is 2.36 bits per heavy atom. The van der Waals surface area contributed by atoms with Crippen LogP contribution in [0.3, 0.4) is 0 Å². The lowest BCUT2D eigenvalue weighted by Crippen LogP contribution is -2.24. The van der Waals surface area contributed by atoms with Crippen LogP contribution in [0.1, 0.15) is 33.1 Å². The average molecular weight is 154 g/mol. The second-order valence-electron chi connectivity index (χ2n) is 3.78. The van der Waals surface area contributed by atoms with Gasteiger partial charge in [0.25, 0.3) is 0 Å². The fourth-order valence-electron chi connectivity index (χ4n) is 1.60. The molecule has 0 aromatic heterocycles. The molecule has 64 valence electrons. The highest BCUT2D eigenvalue weighted by Gasteiger charge is 2.18. The van der Waals surface area contributed by atoms with Gasteiger partial charge in [0.1, 0.15) is 0 Å². The first-order valence-corrected chi connectivity index (χ1v) is 4.44. The molecule has 0 radical (unpaired) electrons. The Morgan fingerprint density at radius 3 is 2.91 bits per heavy atom. The van der Waals surface area contributed by atoms with Gasteiger partial charge in [-0.2, -0.15) is 0 Å². The third-order valence-electron chi connectivity index (χ3n) is 2.21. The second-order valence-corrected chi connectivity index (χ2v) is 3.78. The minimum atomic E-state index is 0.455. The van der Waals surface area contributed by atoms with Gasteiger partial charge in [-0.25, -0.2) is 0 Å². The van der Waals surface area contributed by atoms with E-state index >= 15 is 0 Å². The monoisotopic (exact) mass is 154 g/mol. The third kappa shape index (κ3) is 3.06. The van der Waals surface area contributed by atoms with Crippen molar-refractivity contribution in [2.45, 2.75) is 39.2 Å². The third-order valence-corrected chi connectivity index (χ3v) is 2.21. The smallest absolute Gasteiger partial charge is 0.0614 e. The maximum absolute atomic E-state index is 5.60. The highest BCUT2D eigenvalue weighted by molar-refractivity contribution is 4.91. The van der Waals surface area contributed by atoms with Crippen molar-refractivity contribution >= 4 is 0 Å². The van der Waals surface area contributed by atoms with Gasteiger partial charge in [-0.3, -0.25) is 0 Å². The summed E-state index contributed by atoms with van der Waals surface area (Å²) >= 11 is 0. The number of hydrogen-bond acceptors (Lipinski definition) is 1. The quantitative estimate of drug-likeness (QED) is 0.556. The second kappa shape index (κ2) is 3.91. The van der Waals surface area contributed by atoms with E-state index in [2.05, 4.69) is 20.4 Å². The lowest BCUT2D eigenvalue weighted by atomic mass is 9.94. The highest BCUT2D eigenvalue weighted by atomic mass is 16.5. The molecule has 0 aliphatic carbocycles. The zero-order valence-electron chi connectivity index (χ0n) is 7.60. The molecule has 0 amide bonds. The molecule has 1 heteroatoms. The van der Waals surface area contributed by atoms with Gasteiger partial charge in [0.15, 0.2) is 0 Å². The molecule has 1 aliphatic rings. The van der Waals surface area contributed by atoms with E-state index in [0.29, 0.717) is 6.10 Å². The molecule has 0 bridgehead atoms. The van der Waals surface area contributed by atoms with Crippen LogP contribution < -0.4 is 0 Å². The molecule has 1 nitrogen and oxygen atoms in total. The molecular weight excluding hydrogens is 136 g/mol. The van der Waals surface area contributed by atoms with Crippen molar-refractivity contribution in [3.05, 3.63) is 12.2 Å². The van der Waals surface area contributed by atoms with Crippen LogP contribution in [0.4, 0.5) is 0 Å². The molecule has 0 aromatic rings. The van der Waals surface area contributed by atoms with Crippen LogP contribution in [0.5, 0.6) is 0 Å². The molecular formula is C10H18O. The molecule has 1 fully saturated rings.